The maximum Gasteiger partial charge on any atom is 0.317 e. The largest absolute Gasteiger partial charge is 0.465 e. The van der Waals surface area contributed by atoms with Gasteiger partial charge in [-0.05, 0) is 37.1 Å². The number of anilines is 1. The molecule has 0 unspecified atom stereocenters. The van der Waals surface area contributed by atoms with Crippen LogP contribution in [0.25, 0.3) is 0 Å². The minimum absolute atomic E-state index is 0.125. The van der Waals surface area contributed by atoms with Crippen LogP contribution in [0.5, 0.6) is 0 Å². The van der Waals surface area contributed by atoms with E-state index in [-0.39, 0.29) is 12.4 Å². The van der Waals surface area contributed by atoms with Crippen molar-refractivity contribution < 1.29 is 9.53 Å². The highest BCUT2D eigenvalue weighted by molar-refractivity contribution is 5.72. The second kappa shape index (κ2) is 6.59. The maximum atomic E-state index is 11.1. The van der Waals surface area contributed by atoms with Crippen molar-refractivity contribution in [2.45, 2.75) is 26.7 Å². The average molecular weight is 231 g/mol. The van der Waals surface area contributed by atoms with Crippen molar-refractivity contribution in [3.8, 4) is 11.8 Å². The van der Waals surface area contributed by atoms with Crippen molar-refractivity contribution in [3.05, 3.63) is 29.3 Å². The number of hydrogen-bond acceptors (Lipinski definition) is 3. The van der Waals surface area contributed by atoms with Gasteiger partial charge < -0.3 is 10.5 Å². The van der Waals surface area contributed by atoms with Gasteiger partial charge in [0.1, 0.15) is 6.42 Å². The zero-order valence-electron chi connectivity index (χ0n) is 10.2. The van der Waals surface area contributed by atoms with Crippen molar-refractivity contribution in [1.82, 2.24) is 0 Å². The van der Waals surface area contributed by atoms with Gasteiger partial charge in [-0.3, -0.25) is 4.79 Å². The van der Waals surface area contributed by atoms with Crippen molar-refractivity contribution in [2.24, 2.45) is 0 Å². The van der Waals surface area contributed by atoms with Gasteiger partial charge >= 0.3 is 5.97 Å². The van der Waals surface area contributed by atoms with Crippen LogP contribution in [0.2, 0.25) is 0 Å². The summed E-state index contributed by atoms with van der Waals surface area (Å²) in [7, 11) is 0. The highest BCUT2D eigenvalue weighted by Crippen LogP contribution is 2.13. The molecule has 0 heterocycles. The van der Waals surface area contributed by atoms with E-state index >= 15 is 0 Å². The minimum atomic E-state index is -0.286. The van der Waals surface area contributed by atoms with Gasteiger partial charge in [0, 0.05) is 11.3 Å². The summed E-state index contributed by atoms with van der Waals surface area (Å²) in [6.07, 6.45) is 0.999. The van der Waals surface area contributed by atoms with Gasteiger partial charge in [-0.15, -0.1) is 0 Å². The van der Waals surface area contributed by atoms with Gasteiger partial charge in [0.25, 0.3) is 0 Å². The molecule has 0 spiro atoms. The zero-order valence-corrected chi connectivity index (χ0v) is 10.2. The molecule has 0 saturated carbocycles. The maximum absolute atomic E-state index is 11.1. The Bertz CT molecular complexity index is 455. The lowest BCUT2D eigenvalue weighted by molar-refractivity contribution is -0.141. The minimum Gasteiger partial charge on any atom is -0.465 e. The molecule has 1 rings (SSSR count). The van der Waals surface area contributed by atoms with E-state index in [0.29, 0.717) is 6.61 Å². The first-order chi connectivity index (χ1) is 8.17. The fourth-order valence-electron chi connectivity index (χ4n) is 1.42. The molecule has 0 bridgehead atoms. The van der Waals surface area contributed by atoms with Gasteiger partial charge in [-0.25, -0.2) is 0 Å². The molecule has 1 aromatic carbocycles. The van der Waals surface area contributed by atoms with E-state index in [0.717, 1.165) is 23.2 Å². The summed E-state index contributed by atoms with van der Waals surface area (Å²) in [5.74, 6) is 5.44. The molecule has 3 heteroatoms. The number of nitrogen functional groups attached to an aromatic ring is 1. The quantitative estimate of drug-likeness (QED) is 0.492. The third-order valence-electron chi connectivity index (χ3n) is 2.29. The van der Waals surface area contributed by atoms with Crippen LogP contribution in [0.1, 0.15) is 31.4 Å². The molecule has 0 aliphatic carbocycles. The standard InChI is InChI=1S/C14H17NO2/c1-3-12-10-11(8-9-13(12)15)6-5-7-14(16)17-4-2/h8-10H,3-4,7,15H2,1-2H3. The molecule has 0 saturated heterocycles. The Kier molecular flexibility index (Phi) is 5.09. The summed E-state index contributed by atoms with van der Waals surface area (Å²) in [5.41, 5.74) is 8.53. The first-order valence-corrected chi connectivity index (χ1v) is 5.70. The van der Waals surface area contributed by atoms with Gasteiger partial charge in [-0.2, -0.15) is 0 Å². The van der Waals surface area contributed by atoms with Crippen LogP contribution in [0.4, 0.5) is 5.69 Å². The van der Waals surface area contributed by atoms with Crippen molar-refractivity contribution >= 4 is 11.7 Å². The lowest BCUT2D eigenvalue weighted by Gasteiger charge is -2.02. The Labute approximate surface area is 102 Å². The van der Waals surface area contributed by atoms with E-state index in [1.165, 1.54) is 0 Å². The van der Waals surface area contributed by atoms with Crippen molar-refractivity contribution in [3.63, 3.8) is 0 Å². The first-order valence-electron chi connectivity index (χ1n) is 5.70. The number of carbonyl (C=O) groups excluding carboxylic acids is 1. The fraction of sp³-hybridized carbons (Fsp3) is 0.357. The van der Waals surface area contributed by atoms with Gasteiger partial charge in [0.15, 0.2) is 0 Å². The van der Waals surface area contributed by atoms with Crippen LogP contribution in [-0.2, 0) is 16.0 Å². The second-order valence-corrected chi connectivity index (χ2v) is 3.55. The SMILES string of the molecule is CCOC(=O)CC#Cc1ccc(N)c(CC)c1. The molecule has 0 aromatic heterocycles. The second-order valence-electron chi connectivity index (χ2n) is 3.55. The Morgan fingerprint density at radius 1 is 1.41 bits per heavy atom. The lowest BCUT2D eigenvalue weighted by atomic mass is 10.1. The third-order valence-corrected chi connectivity index (χ3v) is 2.29. The van der Waals surface area contributed by atoms with Crippen LogP contribution in [0, 0.1) is 11.8 Å². The molecule has 0 atom stereocenters. The van der Waals surface area contributed by atoms with Crippen molar-refractivity contribution in [1.29, 1.82) is 0 Å². The molecule has 0 fully saturated rings. The molecular weight excluding hydrogens is 214 g/mol. The zero-order chi connectivity index (χ0) is 12.7. The molecule has 0 radical (unpaired) electrons. The van der Waals surface area contributed by atoms with E-state index in [9.17, 15) is 4.79 Å². The van der Waals surface area contributed by atoms with Gasteiger partial charge in [0.05, 0.1) is 6.61 Å². The third kappa shape index (κ3) is 4.20. The van der Waals surface area contributed by atoms with Crippen molar-refractivity contribution in [2.75, 3.05) is 12.3 Å². The summed E-state index contributed by atoms with van der Waals surface area (Å²) >= 11 is 0. The predicted octanol–water partition coefficient (Wildman–Crippen LogP) is 2.14. The normalized spacial score (nSPS) is 9.29. The van der Waals surface area contributed by atoms with Crippen LogP contribution in [0.15, 0.2) is 18.2 Å². The number of esters is 1. The molecule has 0 aliphatic rings. The molecule has 90 valence electrons. The molecule has 0 amide bonds. The number of ether oxygens (including phenoxy) is 1. The summed E-state index contributed by atoms with van der Waals surface area (Å²) in [4.78, 5) is 11.1. The van der Waals surface area contributed by atoms with E-state index in [2.05, 4.69) is 11.8 Å². The molecule has 2 N–H and O–H groups in total. The Balaban J connectivity index is 2.69. The Morgan fingerprint density at radius 2 is 2.18 bits per heavy atom. The molecule has 0 aliphatic heterocycles. The van der Waals surface area contributed by atoms with Crippen LogP contribution >= 0.6 is 0 Å². The highest BCUT2D eigenvalue weighted by Gasteiger charge is 1.98. The molecule has 1 aromatic rings. The van der Waals surface area contributed by atoms with Gasteiger partial charge in [0.2, 0.25) is 0 Å². The summed E-state index contributed by atoms with van der Waals surface area (Å²) < 4.78 is 4.78. The highest BCUT2D eigenvalue weighted by atomic mass is 16.5. The Hall–Kier alpha value is -1.95. The Morgan fingerprint density at radius 3 is 2.82 bits per heavy atom. The van der Waals surface area contributed by atoms with E-state index in [1.54, 1.807) is 6.92 Å². The topological polar surface area (TPSA) is 52.3 Å². The molecular formula is C14H17NO2. The smallest absolute Gasteiger partial charge is 0.317 e. The lowest BCUT2D eigenvalue weighted by Crippen LogP contribution is -2.01. The van der Waals surface area contributed by atoms with Crippen LogP contribution in [-0.4, -0.2) is 12.6 Å². The van der Waals surface area contributed by atoms with E-state index in [4.69, 9.17) is 10.5 Å². The van der Waals surface area contributed by atoms with Crippen LogP contribution < -0.4 is 5.73 Å². The number of rotatable bonds is 3. The van der Waals surface area contributed by atoms with Crippen LogP contribution in [0.3, 0.4) is 0 Å². The van der Waals surface area contributed by atoms with E-state index in [1.807, 2.05) is 25.1 Å². The molecule has 3 nitrogen and oxygen atoms in total. The number of benzene rings is 1. The van der Waals surface area contributed by atoms with Gasteiger partial charge in [-0.1, -0.05) is 18.8 Å². The summed E-state index contributed by atoms with van der Waals surface area (Å²) in [6, 6.07) is 5.65. The first kappa shape index (κ1) is 13.1. The monoisotopic (exact) mass is 231 g/mol. The number of nitrogens with two attached hydrogens (primary N) is 1. The average Bonchev–Trinajstić information content (AvgIpc) is 2.31. The van der Waals surface area contributed by atoms with E-state index < -0.39 is 0 Å². The number of hydrogen-bond donors (Lipinski definition) is 1. The summed E-state index contributed by atoms with van der Waals surface area (Å²) in [6.45, 7) is 4.21. The number of aryl methyl sites for hydroxylation is 1. The summed E-state index contributed by atoms with van der Waals surface area (Å²) in [5, 5.41) is 0. The fourth-order valence-corrected chi connectivity index (χ4v) is 1.42. The number of carbonyl (C=O) groups is 1. The molecule has 17 heavy (non-hydrogen) atoms. The predicted molar refractivity (Wildman–Crippen MR) is 68.4 cm³/mol.